The fourth-order valence-electron chi connectivity index (χ4n) is 4.52. The molecule has 26 heavy (non-hydrogen) atoms. The Bertz CT molecular complexity index is 878. The van der Waals surface area contributed by atoms with E-state index in [-0.39, 0.29) is 11.9 Å². The van der Waals surface area contributed by atoms with E-state index >= 15 is 0 Å². The average Bonchev–Trinajstić information content (AvgIpc) is 3.25. The average molecular weight is 367 g/mol. The second-order valence-corrected chi connectivity index (χ2v) is 7.97. The van der Waals surface area contributed by atoms with Gasteiger partial charge in [0.2, 0.25) is 5.60 Å². The molecule has 2 aromatic heterocycles. The Hall–Kier alpha value is -2.03. The van der Waals surface area contributed by atoms with Crippen molar-refractivity contribution in [2.45, 2.75) is 57.1 Å². The number of rotatable bonds is 2. The first-order valence-electron chi connectivity index (χ1n) is 8.88. The van der Waals surface area contributed by atoms with Crippen molar-refractivity contribution in [2.24, 2.45) is 5.92 Å². The van der Waals surface area contributed by atoms with Crippen molar-refractivity contribution in [1.82, 2.24) is 19.3 Å². The molecule has 9 heteroatoms. The fraction of sp³-hybridized carbons (Fsp3) is 0.647. The number of aromatic nitrogens is 4. The smallest absolute Gasteiger partial charge is 0.374 e. The molecule has 0 unspecified atom stereocenters. The molecule has 0 radical (unpaired) electrons. The molecule has 5 heterocycles. The third-order valence-corrected chi connectivity index (χ3v) is 6.09. The molecule has 140 valence electrons. The van der Waals surface area contributed by atoms with Crippen LogP contribution in [0, 0.1) is 5.92 Å². The third kappa shape index (κ3) is 1.97. The van der Waals surface area contributed by atoms with Crippen LogP contribution in [0.5, 0.6) is 0 Å². The van der Waals surface area contributed by atoms with Crippen LogP contribution in [0.1, 0.15) is 38.6 Å². The molecular formula is C17H20F3N5O. The van der Waals surface area contributed by atoms with Crippen LogP contribution in [-0.2, 0) is 12.1 Å². The quantitative estimate of drug-likeness (QED) is 0.887. The van der Waals surface area contributed by atoms with Crippen LogP contribution in [-0.4, -0.2) is 43.2 Å². The van der Waals surface area contributed by atoms with Gasteiger partial charge >= 0.3 is 6.18 Å². The summed E-state index contributed by atoms with van der Waals surface area (Å²) in [5.41, 5.74) is -1.69. The van der Waals surface area contributed by atoms with E-state index in [4.69, 9.17) is 5.10 Å². The topological polar surface area (TPSA) is 59.1 Å². The molecule has 0 spiro atoms. The Kier molecular flexibility index (Phi) is 3.00. The van der Waals surface area contributed by atoms with Crippen LogP contribution in [0.25, 0.3) is 11.4 Å². The molecule has 0 aromatic carbocycles. The first-order chi connectivity index (χ1) is 12.2. The van der Waals surface area contributed by atoms with Gasteiger partial charge in [0, 0.05) is 18.7 Å². The highest BCUT2D eigenvalue weighted by Gasteiger charge is 2.55. The van der Waals surface area contributed by atoms with E-state index in [2.05, 4.69) is 9.88 Å². The summed E-state index contributed by atoms with van der Waals surface area (Å²) < 4.78 is 43.3. The zero-order valence-corrected chi connectivity index (χ0v) is 14.5. The number of imidazole rings is 1. The van der Waals surface area contributed by atoms with Crippen LogP contribution in [0.2, 0.25) is 0 Å². The molecule has 6 nitrogen and oxygen atoms in total. The van der Waals surface area contributed by atoms with Crippen LogP contribution in [0.3, 0.4) is 0 Å². The number of alkyl halides is 3. The monoisotopic (exact) mass is 367 g/mol. The van der Waals surface area contributed by atoms with Crippen molar-refractivity contribution in [3.63, 3.8) is 0 Å². The van der Waals surface area contributed by atoms with Gasteiger partial charge in [-0.25, -0.2) is 4.98 Å². The van der Waals surface area contributed by atoms with Gasteiger partial charge in [-0.3, -0.25) is 4.68 Å². The predicted molar refractivity (Wildman–Crippen MR) is 87.6 cm³/mol. The fourth-order valence-corrected chi connectivity index (χ4v) is 4.52. The second kappa shape index (κ2) is 4.82. The maximum Gasteiger partial charge on any atom is 0.424 e. The maximum absolute atomic E-state index is 13.3. The zero-order chi connectivity index (χ0) is 18.4. The minimum absolute atomic E-state index is 0.288. The standard InChI is InChI=1S/C17H20F3N5O/c1-9-7-24-12(5-14(22-24)23-8-10-3-11(23)4-10)13-6-21-15(25(9)13)16(2,26)17(18,19)20/h5-6,9-11,26H,3-4,7-8H2,1-2H3/t9-,10?,11?,16+/m0/s1. The molecule has 0 amide bonds. The minimum Gasteiger partial charge on any atom is -0.374 e. The highest BCUT2D eigenvalue weighted by Crippen LogP contribution is 2.45. The summed E-state index contributed by atoms with van der Waals surface area (Å²) in [5, 5.41) is 14.8. The molecule has 3 fully saturated rings. The van der Waals surface area contributed by atoms with E-state index < -0.39 is 11.8 Å². The largest absolute Gasteiger partial charge is 0.424 e. The van der Waals surface area contributed by atoms with Gasteiger partial charge < -0.3 is 14.6 Å². The highest BCUT2D eigenvalue weighted by atomic mass is 19.4. The summed E-state index contributed by atoms with van der Waals surface area (Å²) >= 11 is 0. The summed E-state index contributed by atoms with van der Waals surface area (Å²) in [6.45, 7) is 4.02. The lowest BCUT2D eigenvalue weighted by Crippen LogP contribution is -2.42. The lowest BCUT2D eigenvalue weighted by molar-refractivity contribution is -0.262. The van der Waals surface area contributed by atoms with Crippen molar-refractivity contribution < 1.29 is 18.3 Å². The van der Waals surface area contributed by atoms with Gasteiger partial charge in [-0.15, -0.1) is 0 Å². The van der Waals surface area contributed by atoms with E-state index in [9.17, 15) is 18.3 Å². The van der Waals surface area contributed by atoms with Gasteiger partial charge in [-0.1, -0.05) is 0 Å². The normalized spacial score (nSPS) is 29.2. The van der Waals surface area contributed by atoms with Crippen molar-refractivity contribution in [3.05, 3.63) is 18.1 Å². The molecule has 2 bridgehead atoms. The van der Waals surface area contributed by atoms with Gasteiger partial charge in [-0.05, 0) is 32.6 Å². The van der Waals surface area contributed by atoms with Crippen LogP contribution >= 0.6 is 0 Å². The van der Waals surface area contributed by atoms with E-state index in [1.165, 1.54) is 23.6 Å². The molecule has 1 saturated carbocycles. The second-order valence-electron chi connectivity index (χ2n) is 7.97. The van der Waals surface area contributed by atoms with Gasteiger partial charge in [0.15, 0.2) is 11.6 Å². The van der Waals surface area contributed by atoms with Crippen molar-refractivity contribution in [3.8, 4) is 11.4 Å². The first kappa shape index (κ1) is 16.2. The number of nitrogens with zero attached hydrogens (tertiary/aromatic N) is 5. The number of anilines is 1. The Morgan fingerprint density at radius 3 is 2.54 bits per heavy atom. The predicted octanol–water partition coefficient (Wildman–Crippen LogP) is 2.69. The molecule has 6 rings (SSSR count). The van der Waals surface area contributed by atoms with Crippen molar-refractivity contribution in [2.75, 3.05) is 11.4 Å². The number of fused-ring (bicyclic) bond motifs is 4. The lowest BCUT2D eigenvalue weighted by Gasteiger charge is -2.31. The maximum atomic E-state index is 13.3. The summed E-state index contributed by atoms with van der Waals surface area (Å²) in [6.07, 6.45) is -0.981. The molecule has 4 aliphatic rings. The van der Waals surface area contributed by atoms with Gasteiger partial charge in [0.25, 0.3) is 0 Å². The SMILES string of the molecule is C[C@H]1Cn2nc(N3CC4CC3C4)cc2-c2cnc([C@@](C)(O)C(F)(F)F)n21. The minimum atomic E-state index is -4.80. The summed E-state index contributed by atoms with van der Waals surface area (Å²) in [6, 6.07) is 2.19. The van der Waals surface area contributed by atoms with E-state index in [0.29, 0.717) is 18.3 Å². The lowest BCUT2D eigenvalue weighted by atomic mass is 9.86. The van der Waals surface area contributed by atoms with Crippen molar-refractivity contribution in [1.29, 1.82) is 0 Å². The third-order valence-electron chi connectivity index (χ3n) is 6.09. The Morgan fingerprint density at radius 2 is 1.92 bits per heavy atom. The van der Waals surface area contributed by atoms with Gasteiger partial charge in [0.05, 0.1) is 30.2 Å². The zero-order valence-electron chi connectivity index (χ0n) is 14.5. The summed E-state index contributed by atoms with van der Waals surface area (Å²) in [5.74, 6) is 1.26. The summed E-state index contributed by atoms with van der Waals surface area (Å²) in [4.78, 5) is 6.25. The number of hydrogen-bond acceptors (Lipinski definition) is 4. The van der Waals surface area contributed by atoms with E-state index in [1.54, 1.807) is 0 Å². The molecule has 2 aromatic rings. The Balaban J connectivity index is 1.59. The summed E-state index contributed by atoms with van der Waals surface area (Å²) in [7, 11) is 0. The molecular weight excluding hydrogens is 347 g/mol. The van der Waals surface area contributed by atoms with Gasteiger partial charge in [-0.2, -0.15) is 18.3 Å². The van der Waals surface area contributed by atoms with Crippen LogP contribution in [0.15, 0.2) is 12.3 Å². The number of halogens is 3. The van der Waals surface area contributed by atoms with Crippen LogP contribution in [0.4, 0.5) is 19.0 Å². The molecule has 1 N–H and O–H groups in total. The molecule has 2 atom stereocenters. The van der Waals surface area contributed by atoms with Crippen LogP contribution < -0.4 is 4.90 Å². The highest BCUT2D eigenvalue weighted by molar-refractivity contribution is 5.63. The molecule has 3 aliphatic heterocycles. The first-order valence-corrected chi connectivity index (χ1v) is 8.88. The Labute approximate surface area is 148 Å². The number of aliphatic hydroxyl groups is 1. The van der Waals surface area contributed by atoms with Gasteiger partial charge in [0.1, 0.15) is 0 Å². The van der Waals surface area contributed by atoms with Crippen molar-refractivity contribution >= 4 is 5.82 Å². The van der Waals surface area contributed by atoms with E-state index in [0.717, 1.165) is 30.9 Å². The molecule has 1 aliphatic carbocycles. The van der Waals surface area contributed by atoms with E-state index in [1.807, 2.05) is 17.7 Å². The Morgan fingerprint density at radius 1 is 1.19 bits per heavy atom. The number of hydrogen-bond donors (Lipinski definition) is 1. The molecule has 2 saturated heterocycles.